The number of esters is 1. The number of hydrogen-bond donors (Lipinski definition) is 1. The molecule has 0 atom stereocenters. The van der Waals surface area contributed by atoms with Crippen LogP contribution in [0.2, 0.25) is 0 Å². The molecule has 1 aliphatic rings. The van der Waals surface area contributed by atoms with Crippen LogP contribution in [-0.2, 0) is 4.74 Å². The minimum atomic E-state index is -0.273. The van der Waals surface area contributed by atoms with Crippen LogP contribution < -0.4 is 5.73 Å². The second-order valence-corrected chi connectivity index (χ2v) is 5.84. The monoisotopic (exact) mass is 265 g/mol. The van der Waals surface area contributed by atoms with Gasteiger partial charge in [-0.2, -0.15) is 0 Å². The van der Waals surface area contributed by atoms with Crippen molar-refractivity contribution >= 4 is 23.4 Å². The number of rotatable bonds is 4. The summed E-state index contributed by atoms with van der Waals surface area (Å²) in [5.74, 6) is -0.273. The molecule has 0 aliphatic heterocycles. The molecule has 1 aromatic rings. The van der Waals surface area contributed by atoms with Crippen LogP contribution >= 0.6 is 11.8 Å². The number of ether oxygens (including phenoxy) is 1. The molecule has 0 unspecified atom stereocenters. The summed E-state index contributed by atoms with van der Waals surface area (Å²) in [6.07, 6.45) is 5.05. The van der Waals surface area contributed by atoms with Crippen LogP contribution in [-0.4, -0.2) is 17.8 Å². The van der Waals surface area contributed by atoms with Crippen LogP contribution in [0.15, 0.2) is 23.1 Å². The summed E-state index contributed by atoms with van der Waals surface area (Å²) in [6, 6.07) is 5.50. The quantitative estimate of drug-likeness (QED) is 0.669. The van der Waals surface area contributed by atoms with Crippen molar-refractivity contribution in [1.82, 2.24) is 0 Å². The van der Waals surface area contributed by atoms with E-state index < -0.39 is 0 Å². The summed E-state index contributed by atoms with van der Waals surface area (Å²) < 4.78 is 5.08. The molecule has 0 amide bonds. The Hall–Kier alpha value is -1.16. The molecular weight excluding hydrogens is 246 g/mol. The normalized spacial score (nSPS) is 15.8. The third-order valence-corrected chi connectivity index (χ3v) is 4.51. The van der Waals surface area contributed by atoms with Crippen LogP contribution in [0, 0.1) is 0 Å². The van der Waals surface area contributed by atoms with Crippen molar-refractivity contribution in [3.05, 3.63) is 23.8 Å². The lowest BCUT2D eigenvalue weighted by atomic mass is 10.2. The topological polar surface area (TPSA) is 52.3 Å². The first-order chi connectivity index (χ1) is 8.70. The van der Waals surface area contributed by atoms with Gasteiger partial charge in [-0.15, -0.1) is 11.8 Å². The molecule has 1 fully saturated rings. The van der Waals surface area contributed by atoms with Gasteiger partial charge in [-0.05, 0) is 38.0 Å². The SMILES string of the molecule is CCOC(=O)c1cc(N)ccc1SC1CCCC1. The zero-order valence-corrected chi connectivity index (χ0v) is 11.5. The number of carbonyl (C=O) groups excluding carboxylic acids is 1. The van der Waals surface area contributed by atoms with E-state index in [9.17, 15) is 4.79 Å². The Morgan fingerprint density at radius 3 is 2.83 bits per heavy atom. The van der Waals surface area contributed by atoms with Gasteiger partial charge in [0.25, 0.3) is 0 Å². The van der Waals surface area contributed by atoms with Crippen LogP contribution in [0.25, 0.3) is 0 Å². The predicted octanol–water partition coefficient (Wildman–Crippen LogP) is 3.48. The van der Waals surface area contributed by atoms with Gasteiger partial charge in [-0.25, -0.2) is 4.79 Å². The smallest absolute Gasteiger partial charge is 0.339 e. The number of carbonyl (C=O) groups is 1. The van der Waals surface area contributed by atoms with Gasteiger partial charge in [0.15, 0.2) is 0 Å². The number of hydrogen-bond acceptors (Lipinski definition) is 4. The average molecular weight is 265 g/mol. The highest BCUT2D eigenvalue weighted by Crippen LogP contribution is 2.37. The molecule has 1 aliphatic carbocycles. The lowest BCUT2D eigenvalue weighted by molar-refractivity contribution is 0.0522. The molecule has 2 rings (SSSR count). The van der Waals surface area contributed by atoms with Crippen molar-refractivity contribution < 1.29 is 9.53 Å². The number of nitrogen functional groups attached to an aromatic ring is 1. The van der Waals surface area contributed by atoms with Crippen LogP contribution in [0.3, 0.4) is 0 Å². The lowest BCUT2D eigenvalue weighted by Gasteiger charge is -2.13. The summed E-state index contributed by atoms with van der Waals surface area (Å²) in [5.41, 5.74) is 6.96. The number of nitrogens with two attached hydrogens (primary N) is 1. The molecule has 0 aromatic heterocycles. The Bertz CT molecular complexity index is 428. The molecule has 0 saturated heterocycles. The summed E-state index contributed by atoms with van der Waals surface area (Å²) in [6.45, 7) is 2.20. The largest absolute Gasteiger partial charge is 0.462 e. The zero-order valence-electron chi connectivity index (χ0n) is 10.6. The predicted molar refractivity (Wildman–Crippen MR) is 74.9 cm³/mol. The molecule has 1 aromatic carbocycles. The maximum Gasteiger partial charge on any atom is 0.339 e. The fourth-order valence-corrected chi connectivity index (χ4v) is 3.55. The highest BCUT2D eigenvalue weighted by atomic mass is 32.2. The zero-order chi connectivity index (χ0) is 13.0. The van der Waals surface area contributed by atoms with Gasteiger partial charge in [-0.3, -0.25) is 0 Å². The molecule has 0 spiro atoms. The molecule has 3 nitrogen and oxygen atoms in total. The maximum atomic E-state index is 11.9. The van der Waals surface area contributed by atoms with Crippen molar-refractivity contribution in [2.24, 2.45) is 0 Å². The van der Waals surface area contributed by atoms with E-state index in [0.29, 0.717) is 23.1 Å². The molecule has 1 saturated carbocycles. The maximum absolute atomic E-state index is 11.9. The molecule has 0 bridgehead atoms. The van der Waals surface area contributed by atoms with Gasteiger partial charge in [0.05, 0.1) is 12.2 Å². The second kappa shape index (κ2) is 6.14. The van der Waals surface area contributed by atoms with Gasteiger partial charge in [-0.1, -0.05) is 12.8 Å². The van der Waals surface area contributed by atoms with Gasteiger partial charge in [0.1, 0.15) is 0 Å². The molecule has 98 valence electrons. The van der Waals surface area contributed by atoms with Gasteiger partial charge < -0.3 is 10.5 Å². The molecule has 0 radical (unpaired) electrons. The Balaban J connectivity index is 2.19. The number of anilines is 1. The van der Waals surface area contributed by atoms with E-state index in [1.54, 1.807) is 17.8 Å². The Kier molecular flexibility index (Phi) is 4.53. The average Bonchev–Trinajstić information content (AvgIpc) is 2.84. The first-order valence-corrected chi connectivity index (χ1v) is 7.32. The number of thioether (sulfide) groups is 1. The van der Waals surface area contributed by atoms with Crippen molar-refractivity contribution in [1.29, 1.82) is 0 Å². The molecule has 18 heavy (non-hydrogen) atoms. The van der Waals surface area contributed by atoms with E-state index in [0.717, 1.165) is 4.90 Å². The summed E-state index contributed by atoms with van der Waals surface area (Å²) in [7, 11) is 0. The Morgan fingerprint density at radius 2 is 2.17 bits per heavy atom. The fraction of sp³-hybridized carbons (Fsp3) is 0.500. The fourth-order valence-electron chi connectivity index (χ4n) is 2.20. The Labute approximate surface area is 112 Å². The lowest BCUT2D eigenvalue weighted by Crippen LogP contribution is -2.08. The van der Waals surface area contributed by atoms with Crippen LogP contribution in [0.4, 0.5) is 5.69 Å². The van der Waals surface area contributed by atoms with Crippen molar-refractivity contribution in [2.75, 3.05) is 12.3 Å². The van der Waals surface area contributed by atoms with Gasteiger partial charge in [0.2, 0.25) is 0 Å². The van der Waals surface area contributed by atoms with Crippen molar-refractivity contribution in [3.8, 4) is 0 Å². The standard InChI is InChI=1S/C14H19NO2S/c1-2-17-14(16)12-9-10(15)7-8-13(12)18-11-5-3-4-6-11/h7-9,11H,2-6,15H2,1H3. The summed E-state index contributed by atoms with van der Waals surface area (Å²) in [4.78, 5) is 12.9. The van der Waals surface area contributed by atoms with E-state index in [1.165, 1.54) is 25.7 Å². The van der Waals surface area contributed by atoms with Crippen molar-refractivity contribution in [2.45, 2.75) is 42.8 Å². The number of benzene rings is 1. The van der Waals surface area contributed by atoms with E-state index >= 15 is 0 Å². The first-order valence-electron chi connectivity index (χ1n) is 6.44. The minimum Gasteiger partial charge on any atom is -0.462 e. The van der Waals surface area contributed by atoms with Crippen LogP contribution in [0.5, 0.6) is 0 Å². The van der Waals surface area contributed by atoms with E-state index in [1.807, 2.05) is 19.1 Å². The minimum absolute atomic E-state index is 0.273. The third kappa shape index (κ3) is 3.19. The second-order valence-electron chi connectivity index (χ2n) is 4.50. The molecule has 0 heterocycles. The van der Waals surface area contributed by atoms with Crippen LogP contribution in [0.1, 0.15) is 43.0 Å². The summed E-state index contributed by atoms with van der Waals surface area (Å²) >= 11 is 1.78. The highest BCUT2D eigenvalue weighted by Gasteiger charge is 2.20. The van der Waals surface area contributed by atoms with E-state index in [-0.39, 0.29) is 5.97 Å². The van der Waals surface area contributed by atoms with Gasteiger partial charge in [0, 0.05) is 15.8 Å². The third-order valence-electron chi connectivity index (χ3n) is 3.09. The molecule has 4 heteroatoms. The highest BCUT2D eigenvalue weighted by molar-refractivity contribution is 8.00. The molecule has 2 N–H and O–H groups in total. The Morgan fingerprint density at radius 1 is 1.44 bits per heavy atom. The molecular formula is C14H19NO2S. The summed E-state index contributed by atoms with van der Waals surface area (Å²) in [5, 5.41) is 0.627. The van der Waals surface area contributed by atoms with E-state index in [2.05, 4.69) is 0 Å². The van der Waals surface area contributed by atoms with Gasteiger partial charge >= 0.3 is 5.97 Å². The van der Waals surface area contributed by atoms with E-state index in [4.69, 9.17) is 10.5 Å². The van der Waals surface area contributed by atoms with Crippen molar-refractivity contribution in [3.63, 3.8) is 0 Å². The first kappa shape index (κ1) is 13.3.